The zero-order valence-electron chi connectivity index (χ0n) is 11.8. The Bertz CT molecular complexity index is 508. The van der Waals surface area contributed by atoms with Gasteiger partial charge in [-0.2, -0.15) is 0 Å². The first-order valence-corrected chi connectivity index (χ1v) is 7.77. The molecule has 19 heavy (non-hydrogen) atoms. The summed E-state index contributed by atoms with van der Waals surface area (Å²) in [6.07, 6.45) is 3.64. The van der Waals surface area contributed by atoms with Crippen LogP contribution in [-0.2, 0) is 6.54 Å². The number of aromatic nitrogens is 2. The van der Waals surface area contributed by atoms with Crippen LogP contribution in [0, 0.1) is 6.92 Å². The average Bonchev–Trinajstić information content (AvgIpc) is 2.95. The number of anilines is 1. The van der Waals surface area contributed by atoms with Crippen molar-refractivity contribution in [3.63, 3.8) is 0 Å². The molecule has 0 radical (unpaired) electrons. The number of nitrogens with zero attached hydrogens (tertiary/aromatic N) is 2. The molecule has 0 spiro atoms. The van der Waals surface area contributed by atoms with Crippen molar-refractivity contribution in [1.82, 2.24) is 9.97 Å². The van der Waals surface area contributed by atoms with Crippen LogP contribution in [0.2, 0.25) is 0 Å². The molecule has 1 N–H and O–H groups in total. The fourth-order valence-corrected chi connectivity index (χ4v) is 3.16. The number of aryl methyl sites for hydroxylation is 1. The van der Waals surface area contributed by atoms with E-state index in [1.807, 2.05) is 31.8 Å². The fourth-order valence-electron chi connectivity index (χ4n) is 2.12. The largest absolute Gasteiger partial charge is 0.364 e. The highest BCUT2D eigenvalue weighted by Crippen LogP contribution is 2.35. The highest BCUT2D eigenvalue weighted by atomic mass is 32.2. The Morgan fingerprint density at radius 2 is 2.21 bits per heavy atom. The molecule has 3 nitrogen and oxygen atoms in total. The van der Waals surface area contributed by atoms with Crippen LogP contribution in [0.1, 0.15) is 25.1 Å². The van der Waals surface area contributed by atoms with Gasteiger partial charge in [0.15, 0.2) is 0 Å². The van der Waals surface area contributed by atoms with E-state index in [-0.39, 0.29) is 0 Å². The quantitative estimate of drug-likeness (QED) is 0.903. The van der Waals surface area contributed by atoms with Crippen LogP contribution in [0.15, 0.2) is 35.6 Å². The molecule has 0 bridgehead atoms. The molecular weight excluding hydrogens is 254 g/mol. The molecule has 102 valence electrons. The van der Waals surface area contributed by atoms with Crippen molar-refractivity contribution in [3.05, 3.63) is 42.0 Å². The lowest BCUT2D eigenvalue weighted by Gasteiger charge is -2.30. The van der Waals surface area contributed by atoms with Crippen molar-refractivity contribution in [1.29, 1.82) is 0 Å². The van der Waals surface area contributed by atoms with Gasteiger partial charge >= 0.3 is 0 Å². The summed E-state index contributed by atoms with van der Waals surface area (Å²) in [4.78, 5) is 11.1. The minimum atomic E-state index is 0.914. The van der Waals surface area contributed by atoms with Crippen molar-refractivity contribution >= 4 is 17.4 Å². The second-order valence-electron chi connectivity index (χ2n) is 4.32. The molecule has 3 rings (SSSR count). The minimum absolute atomic E-state index is 0.914. The summed E-state index contributed by atoms with van der Waals surface area (Å²) >= 11 is 1.95. The number of imidazole rings is 1. The number of benzene rings is 1. The van der Waals surface area contributed by atoms with Crippen LogP contribution in [0.4, 0.5) is 5.69 Å². The lowest BCUT2D eigenvalue weighted by Crippen LogP contribution is -2.28. The first-order chi connectivity index (χ1) is 9.33. The molecular formula is C15H21N3S. The number of hydrogen-bond donors (Lipinski definition) is 1. The van der Waals surface area contributed by atoms with Crippen molar-refractivity contribution in [2.45, 2.75) is 32.2 Å². The number of aromatic amines is 1. The first-order valence-electron chi connectivity index (χ1n) is 6.78. The number of nitrogens with one attached hydrogen (secondary N) is 1. The maximum Gasteiger partial charge on any atom is 0.0922 e. The zero-order valence-corrected chi connectivity index (χ0v) is 12.6. The Hall–Kier alpha value is -1.42. The Labute approximate surface area is 119 Å². The van der Waals surface area contributed by atoms with Gasteiger partial charge in [0.05, 0.1) is 24.3 Å². The lowest BCUT2D eigenvalue weighted by molar-refractivity contribution is 0.801. The van der Waals surface area contributed by atoms with E-state index in [9.17, 15) is 0 Å². The molecule has 0 atom stereocenters. The van der Waals surface area contributed by atoms with Crippen LogP contribution in [0.3, 0.4) is 0 Å². The van der Waals surface area contributed by atoms with Crippen molar-refractivity contribution in [2.75, 3.05) is 17.2 Å². The summed E-state index contributed by atoms with van der Waals surface area (Å²) in [5.41, 5.74) is 3.85. The van der Waals surface area contributed by atoms with Gasteiger partial charge < -0.3 is 9.88 Å². The van der Waals surface area contributed by atoms with E-state index in [4.69, 9.17) is 0 Å². The maximum atomic E-state index is 4.07. The van der Waals surface area contributed by atoms with E-state index in [1.54, 1.807) is 6.33 Å². The molecule has 2 aromatic rings. The Morgan fingerprint density at radius 1 is 1.37 bits per heavy atom. The summed E-state index contributed by atoms with van der Waals surface area (Å²) in [5, 5.41) is 0. The Kier molecular flexibility index (Phi) is 4.91. The molecule has 2 heterocycles. The predicted molar refractivity (Wildman–Crippen MR) is 82.9 cm³/mol. The fraction of sp³-hybridized carbons (Fsp3) is 0.400. The van der Waals surface area contributed by atoms with E-state index in [1.165, 1.54) is 21.8 Å². The first kappa shape index (κ1) is 14.0. The smallest absolute Gasteiger partial charge is 0.0922 e. The molecule has 1 aliphatic rings. The third-order valence-electron chi connectivity index (χ3n) is 2.99. The topological polar surface area (TPSA) is 31.9 Å². The van der Waals surface area contributed by atoms with Crippen LogP contribution < -0.4 is 4.90 Å². The number of rotatable bonds is 2. The molecule has 1 aromatic heterocycles. The molecule has 0 saturated carbocycles. The summed E-state index contributed by atoms with van der Waals surface area (Å²) in [6, 6.07) is 6.69. The summed E-state index contributed by atoms with van der Waals surface area (Å²) < 4.78 is 0. The second kappa shape index (κ2) is 6.66. The molecule has 0 unspecified atom stereocenters. The van der Waals surface area contributed by atoms with Gasteiger partial charge in [0.25, 0.3) is 0 Å². The van der Waals surface area contributed by atoms with Gasteiger partial charge in [-0.05, 0) is 24.6 Å². The third-order valence-corrected chi connectivity index (χ3v) is 4.03. The van der Waals surface area contributed by atoms with E-state index in [0.29, 0.717) is 0 Å². The molecule has 1 aliphatic heterocycles. The molecule has 0 saturated heterocycles. The highest BCUT2D eigenvalue weighted by Gasteiger charge is 2.17. The Morgan fingerprint density at radius 3 is 2.95 bits per heavy atom. The SMILES string of the molecule is CC.Cc1ccc2c(c1)N(Cc1cnc[nH]1)CCS2. The summed E-state index contributed by atoms with van der Waals surface area (Å²) in [6.45, 7) is 8.16. The molecule has 1 aromatic carbocycles. The monoisotopic (exact) mass is 275 g/mol. The highest BCUT2D eigenvalue weighted by molar-refractivity contribution is 7.99. The lowest BCUT2D eigenvalue weighted by atomic mass is 10.2. The van der Waals surface area contributed by atoms with Crippen LogP contribution in [0.5, 0.6) is 0 Å². The van der Waals surface area contributed by atoms with Crippen molar-refractivity contribution in [3.8, 4) is 0 Å². The van der Waals surface area contributed by atoms with Gasteiger partial charge in [0.2, 0.25) is 0 Å². The van der Waals surface area contributed by atoms with Crippen LogP contribution in [-0.4, -0.2) is 22.3 Å². The van der Waals surface area contributed by atoms with E-state index >= 15 is 0 Å². The maximum absolute atomic E-state index is 4.07. The van der Waals surface area contributed by atoms with E-state index in [0.717, 1.165) is 18.8 Å². The van der Waals surface area contributed by atoms with Crippen LogP contribution in [0.25, 0.3) is 0 Å². The molecule has 4 heteroatoms. The number of thioether (sulfide) groups is 1. The minimum Gasteiger partial charge on any atom is -0.364 e. The predicted octanol–water partition coefficient (Wildman–Crippen LogP) is 3.86. The van der Waals surface area contributed by atoms with E-state index in [2.05, 4.69) is 40.0 Å². The van der Waals surface area contributed by atoms with Gasteiger partial charge in [-0.25, -0.2) is 4.98 Å². The summed E-state index contributed by atoms with van der Waals surface area (Å²) in [7, 11) is 0. The number of hydrogen-bond acceptors (Lipinski definition) is 3. The van der Waals surface area contributed by atoms with Gasteiger partial charge in [0.1, 0.15) is 0 Å². The number of fused-ring (bicyclic) bond motifs is 1. The molecule has 0 fully saturated rings. The van der Waals surface area contributed by atoms with Gasteiger partial charge in [-0.1, -0.05) is 19.9 Å². The van der Waals surface area contributed by atoms with Gasteiger partial charge in [-0.15, -0.1) is 11.8 Å². The van der Waals surface area contributed by atoms with Crippen molar-refractivity contribution < 1.29 is 0 Å². The van der Waals surface area contributed by atoms with Crippen molar-refractivity contribution in [2.24, 2.45) is 0 Å². The van der Waals surface area contributed by atoms with E-state index < -0.39 is 0 Å². The number of H-pyrrole nitrogens is 1. The zero-order chi connectivity index (χ0) is 13.7. The van der Waals surface area contributed by atoms with Crippen LogP contribution >= 0.6 is 11.8 Å². The molecule has 0 amide bonds. The Balaban J connectivity index is 0.000000637. The summed E-state index contributed by atoms with van der Waals surface area (Å²) in [5.74, 6) is 1.16. The third kappa shape index (κ3) is 3.32. The van der Waals surface area contributed by atoms with Gasteiger partial charge in [0, 0.05) is 23.4 Å². The standard InChI is InChI=1S/C13H15N3S.C2H6/c1-10-2-3-13-12(6-10)16(4-5-17-13)8-11-7-14-9-15-11;1-2/h2-3,6-7,9H,4-5,8H2,1H3,(H,14,15);1-2H3. The van der Waals surface area contributed by atoms with Gasteiger partial charge in [-0.3, -0.25) is 0 Å². The second-order valence-corrected chi connectivity index (χ2v) is 5.45. The normalized spacial score (nSPS) is 13.5. The average molecular weight is 275 g/mol. The molecule has 0 aliphatic carbocycles.